The number of aromatic nitrogens is 2. The molecule has 0 radical (unpaired) electrons. The van der Waals surface area contributed by atoms with Crippen molar-refractivity contribution in [1.29, 1.82) is 0 Å². The van der Waals surface area contributed by atoms with Crippen LogP contribution in [0.1, 0.15) is 17.9 Å². The second-order valence-electron chi connectivity index (χ2n) is 6.24. The molecule has 0 spiro atoms. The maximum Gasteiger partial charge on any atom is 0.258 e. The van der Waals surface area contributed by atoms with Crippen LogP contribution in [0.5, 0.6) is 0 Å². The maximum atomic E-state index is 11.9. The van der Waals surface area contributed by atoms with Gasteiger partial charge in [0, 0.05) is 24.7 Å². The molecule has 1 aliphatic rings. The highest BCUT2D eigenvalue weighted by atomic mass is 32.1. The Balaban J connectivity index is 1.47. The van der Waals surface area contributed by atoms with Gasteiger partial charge in [0.2, 0.25) is 0 Å². The van der Waals surface area contributed by atoms with Crippen molar-refractivity contribution < 1.29 is 0 Å². The first-order valence-corrected chi connectivity index (χ1v) is 8.70. The number of fused-ring (bicyclic) bond motifs is 1. The Hall–Kier alpha value is -2.73. The van der Waals surface area contributed by atoms with Crippen molar-refractivity contribution in [3.8, 4) is 0 Å². The molecule has 0 saturated carbocycles. The minimum absolute atomic E-state index is 0.148. The molecule has 0 amide bonds. The molecule has 1 aliphatic heterocycles. The Bertz CT molecular complexity index is 970. The molecule has 1 atom stereocenters. The van der Waals surface area contributed by atoms with Crippen molar-refractivity contribution in [3.05, 3.63) is 70.8 Å². The first kappa shape index (κ1) is 15.8. The molecule has 1 aromatic heterocycles. The summed E-state index contributed by atoms with van der Waals surface area (Å²) in [7, 11) is 0. The molecule has 4 rings (SSSR count). The van der Waals surface area contributed by atoms with E-state index in [1.165, 1.54) is 11.9 Å². The molecule has 1 fully saturated rings. The predicted molar refractivity (Wildman–Crippen MR) is 104 cm³/mol. The number of benzene rings is 2. The maximum absolute atomic E-state index is 11.9. The summed E-state index contributed by atoms with van der Waals surface area (Å²) in [5, 5.41) is 4.50. The number of hydrogen-bond acceptors (Lipinski definition) is 3. The quantitative estimate of drug-likeness (QED) is 0.696. The Kier molecular flexibility index (Phi) is 4.19. The third-order valence-corrected chi connectivity index (χ3v) is 5.00. The van der Waals surface area contributed by atoms with Crippen molar-refractivity contribution >= 4 is 33.9 Å². The lowest BCUT2D eigenvalue weighted by Crippen LogP contribution is -2.32. The van der Waals surface area contributed by atoms with E-state index in [0.29, 0.717) is 21.9 Å². The van der Waals surface area contributed by atoms with Gasteiger partial charge < -0.3 is 15.2 Å². The monoisotopic (exact) mass is 350 g/mol. The van der Waals surface area contributed by atoms with E-state index in [4.69, 9.17) is 12.2 Å². The van der Waals surface area contributed by atoms with Crippen LogP contribution in [0.15, 0.2) is 59.7 Å². The van der Waals surface area contributed by atoms with Crippen LogP contribution >= 0.6 is 12.2 Å². The Morgan fingerprint density at radius 2 is 2.08 bits per heavy atom. The zero-order valence-corrected chi connectivity index (χ0v) is 14.4. The Labute approximate surface area is 150 Å². The average Bonchev–Trinajstić information content (AvgIpc) is 3.13. The second-order valence-corrected chi connectivity index (χ2v) is 6.62. The van der Waals surface area contributed by atoms with Crippen LogP contribution in [-0.2, 0) is 0 Å². The number of likely N-dealkylation sites (tertiary alicyclic amines) is 1. The summed E-state index contributed by atoms with van der Waals surface area (Å²) in [6, 6.07) is 16.1. The standard InChI is InChI=1S/C19H18N4OS/c24-18-16-10-15(6-7-17(16)20-12-21-18)22-19(25)23-9-8-14(11-23)13-4-2-1-3-5-13/h1-7,10,12,14H,8-9,11H2,(H,22,25)(H,20,21,24)/t14-/m0/s1. The Morgan fingerprint density at radius 3 is 2.92 bits per heavy atom. The second kappa shape index (κ2) is 6.64. The van der Waals surface area contributed by atoms with Crippen LogP contribution in [-0.4, -0.2) is 33.1 Å². The molecule has 25 heavy (non-hydrogen) atoms. The van der Waals surface area contributed by atoms with E-state index < -0.39 is 0 Å². The smallest absolute Gasteiger partial charge is 0.258 e. The molecule has 126 valence electrons. The third kappa shape index (κ3) is 3.25. The SMILES string of the molecule is O=c1[nH]cnc2ccc(NC(=S)N3CC[C@H](c4ccccc4)C3)cc12. The van der Waals surface area contributed by atoms with Crippen LogP contribution in [0, 0.1) is 0 Å². The van der Waals surface area contributed by atoms with Crippen molar-refractivity contribution in [3.63, 3.8) is 0 Å². The molecular weight excluding hydrogens is 332 g/mol. The minimum atomic E-state index is -0.148. The van der Waals surface area contributed by atoms with Gasteiger partial charge in [-0.15, -0.1) is 0 Å². The van der Waals surface area contributed by atoms with Gasteiger partial charge in [0.25, 0.3) is 5.56 Å². The van der Waals surface area contributed by atoms with Crippen LogP contribution in [0.25, 0.3) is 10.9 Å². The number of rotatable bonds is 2. The predicted octanol–water partition coefficient (Wildman–Crippen LogP) is 3.11. The van der Waals surface area contributed by atoms with Crippen molar-refractivity contribution in [2.75, 3.05) is 18.4 Å². The van der Waals surface area contributed by atoms with E-state index in [1.54, 1.807) is 6.07 Å². The molecular formula is C19H18N4OS. The highest BCUT2D eigenvalue weighted by Gasteiger charge is 2.25. The summed E-state index contributed by atoms with van der Waals surface area (Å²) >= 11 is 5.57. The van der Waals surface area contributed by atoms with E-state index in [1.807, 2.05) is 18.2 Å². The molecule has 0 unspecified atom stereocenters. The molecule has 6 heteroatoms. The van der Waals surface area contributed by atoms with Crippen molar-refractivity contribution in [2.45, 2.75) is 12.3 Å². The zero-order chi connectivity index (χ0) is 17.2. The number of nitrogens with one attached hydrogen (secondary N) is 2. The van der Waals surface area contributed by atoms with Crippen LogP contribution in [0.2, 0.25) is 0 Å². The van der Waals surface area contributed by atoms with Crippen LogP contribution in [0.4, 0.5) is 5.69 Å². The molecule has 2 heterocycles. The lowest BCUT2D eigenvalue weighted by molar-refractivity contribution is 0.518. The van der Waals surface area contributed by atoms with E-state index in [0.717, 1.165) is 25.2 Å². The van der Waals surface area contributed by atoms with Crippen molar-refractivity contribution in [1.82, 2.24) is 14.9 Å². The summed E-state index contributed by atoms with van der Waals surface area (Å²) < 4.78 is 0. The number of hydrogen-bond donors (Lipinski definition) is 2. The Morgan fingerprint density at radius 1 is 1.24 bits per heavy atom. The average molecular weight is 350 g/mol. The van der Waals surface area contributed by atoms with Gasteiger partial charge in [-0.3, -0.25) is 4.79 Å². The fourth-order valence-corrected chi connectivity index (χ4v) is 3.57. The third-order valence-electron chi connectivity index (χ3n) is 4.64. The molecule has 1 saturated heterocycles. The van der Waals surface area contributed by atoms with Gasteiger partial charge in [-0.1, -0.05) is 30.3 Å². The topological polar surface area (TPSA) is 61.0 Å². The number of thiocarbonyl (C=S) groups is 1. The molecule has 2 aromatic carbocycles. The molecule has 2 N–H and O–H groups in total. The first-order chi connectivity index (χ1) is 12.2. The van der Waals surface area contributed by atoms with E-state index in [2.05, 4.69) is 44.5 Å². The van der Waals surface area contributed by atoms with Gasteiger partial charge >= 0.3 is 0 Å². The van der Waals surface area contributed by atoms with Crippen LogP contribution < -0.4 is 10.9 Å². The summed E-state index contributed by atoms with van der Waals surface area (Å²) in [5.74, 6) is 0.504. The van der Waals surface area contributed by atoms with Gasteiger partial charge in [-0.05, 0) is 42.4 Å². The highest BCUT2D eigenvalue weighted by Crippen LogP contribution is 2.27. The number of H-pyrrole nitrogens is 1. The van der Waals surface area contributed by atoms with E-state index in [9.17, 15) is 4.79 Å². The summed E-state index contributed by atoms with van der Waals surface area (Å²) in [5.41, 5.74) is 2.69. The van der Waals surface area contributed by atoms with Gasteiger partial charge in [0.15, 0.2) is 5.11 Å². The van der Waals surface area contributed by atoms with Crippen LogP contribution in [0.3, 0.4) is 0 Å². The van der Waals surface area contributed by atoms with E-state index >= 15 is 0 Å². The van der Waals surface area contributed by atoms with E-state index in [-0.39, 0.29) is 5.56 Å². The fraction of sp³-hybridized carbons (Fsp3) is 0.211. The van der Waals surface area contributed by atoms with Gasteiger partial charge in [-0.25, -0.2) is 4.98 Å². The number of nitrogens with zero attached hydrogens (tertiary/aromatic N) is 2. The summed E-state index contributed by atoms with van der Waals surface area (Å²) in [6.45, 7) is 1.84. The zero-order valence-electron chi connectivity index (χ0n) is 13.6. The van der Waals surface area contributed by atoms with Crippen molar-refractivity contribution in [2.24, 2.45) is 0 Å². The lowest BCUT2D eigenvalue weighted by Gasteiger charge is -2.21. The largest absolute Gasteiger partial charge is 0.348 e. The highest BCUT2D eigenvalue weighted by molar-refractivity contribution is 7.80. The minimum Gasteiger partial charge on any atom is -0.348 e. The van der Waals surface area contributed by atoms with Gasteiger partial charge in [-0.2, -0.15) is 0 Å². The first-order valence-electron chi connectivity index (χ1n) is 8.29. The summed E-state index contributed by atoms with van der Waals surface area (Å²) in [4.78, 5) is 20.8. The summed E-state index contributed by atoms with van der Waals surface area (Å²) in [6.07, 6.45) is 2.50. The number of aromatic amines is 1. The van der Waals surface area contributed by atoms with Gasteiger partial charge in [0.1, 0.15) is 0 Å². The lowest BCUT2D eigenvalue weighted by atomic mass is 9.99. The fourth-order valence-electron chi connectivity index (χ4n) is 3.29. The molecule has 0 bridgehead atoms. The van der Waals surface area contributed by atoms with Gasteiger partial charge in [0.05, 0.1) is 17.2 Å². The molecule has 0 aliphatic carbocycles. The normalized spacial score (nSPS) is 17.0. The molecule has 5 nitrogen and oxygen atoms in total. The number of anilines is 1. The molecule has 3 aromatic rings.